The third-order valence-electron chi connectivity index (χ3n) is 15.4. The van der Waals surface area contributed by atoms with Gasteiger partial charge in [-0.25, -0.2) is 0 Å². The van der Waals surface area contributed by atoms with Gasteiger partial charge in [-0.2, -0.15) is 0 Å². The summed E-state index contributed by atoms with van der Waals surface area (Å²) in [5.41, 5.74) is 17.8. The van der Waals surface area contributed by atoms with E-state index in [1.54, 1.807) is 0 Å². The molecule has 3 nitrogen and oxygen atoms in total. The second kappa shape index (κ2) is 17.4. The van der Waals surface area contributed by atoms with E-state index < -0.39 is 0 Å². The maximum Gasteiger partial charge on any atom is 0.143 e. The minimum atomic E-state index is 0.902. The molecule has 75 heavy (non-hydrogen) atoms. The van der Waals surface area contributed by atoms with Crippen LogP contribution in [0.25, 0.3) is 126 Å². The molecular formula is C72H46N2O. The lowest BCUT2D eigenvalue weighted by Crippen LogP contribution is -2.09. The van der Waals surface area contributed by atoms with E-state index in [1.807, 2.05) is 0 Å². The van der Waals surface area contributed by atoms with Gasteiger partial charge in [0.1, 0.15) is 11.2 Å². The number of hydrogen-bond donors (Lipinski definition) is 0. The molecule has 3 heteroatoms. The van der Waals surface area contributed by atoms with Gasteiger partial charge in [0.15, 0.2) is 0 Å². The van der Waals surface area contributed by atoms with Gasteiger partial charge in [-0.15, -0.1) is 0 Å². The maximum absolute atomic E-state index is 6.79. The number of rotatable bonds is 8. The topological polar surface area (TPSA) is 21.3 Å². The van der Waals surface area contributed by atoms with E-state index >= 15 is 0 Å². The third kappa shape index (κ3) is 7.12. The molecule has 0 spiro atoms. The van der Waals surface area contributed by atoms with Gasteiger partial charge in [0.2, 0.25) is 0 Å². The molecule has 0 saturated carbocycles. The van der Waals surface area contributed by atoms with Crippen molar-refractivity contribution < 1.29 is 4.42 Å². The van der Waals surface area contributed by atoms with Crippen LogP contribution in [0.4, 0.5) is 17.1 Å². The second-order valence-electron chi connectivity index (χ2n) is 19.6. The zero-order chi connectivity index (χ0) is 49.4. The van der Waals surface area contributed by atoms with E-state index in [4.69, 9.17) is 4.42 Å². The van der Waals surface area contributed by atoms with Gasteiger partial charge in [-0.3, -0.25) is 0 Å². The van der Waals surface area contributed by atoms with E-state index in [0.717, 1.165) is 72.3 Å². The van der Waals surface area contributed by atoms with Crippen molar-refractivity contribution in [1.82, 2.24) is 4.57 Å². The first kappa shape index (κ1) is 42.7. The van der Waals surface area contributed by atoms with Gasteiger partial charge in [-0.1, -0.05) is 206 Å². The van der Waals surface area contributed by atoms with Gasteiger partial charge >= 0.3 is 0 Å². The summed E-state index contributed by atoms with van der Waals surface area (Å²) < 4.78 is 9.20. The molecule has 0 aliphatic heterocycles. The normalized spacial score (nSPS) is 11.7. The van der Waals surface area contributed by atoms with E-state index in [0.29, 0.717) is 0 Å². The number of hydrogen-bond acceptors (Lipinski definition) is 2. The summed E-state index contributed by atoms with van der Waals surface area (Å²) in [5.74, 6) is 0. The third-order valence-corrected chi connectivity index (χ3v) is 15.4. The Balaban J connectivity index is 0.816. The summed E-state index contributed by atoms with van der Waals surface area (Å²) in [6, 6.07) is 101. The van der Waals surface area contributed by atoms with Crippen LogP contribution in [0.1, 0.15) is 0 Å². The molecular weight excluding hydrogens is 909 g/mol. The van der Waals surface area contributed by atoms with Gasteiger partial charge < -0.3 is 13.9 Å². The minimum Gasteiger partial charge on any atom is -0.455 e. The van der Waals surface area contributed by atoms with E-state index in [1.165, 1.54) is 71.0 Å². The number of furan rings is 1. The quantitative estimate of drug-likeness (QED) is 0.142. The van der Waals surface area contributed by atoms with Crippen LogP contribution in [0.5, 0.6) is 0 Å². The molecule has 15 rings (SSSR count). The Morgan fingerprint density at radius 1 is 0.253 bits per heavy atom. The van der Waals surface area contributed by atoms with Crippen LogP contribution in [0.2, 0.25) is 0 Å². The second-order valence-corrected chi connectivity index (χ2v) is 19.6. The standard InChI is InChI=1S/C72H46N2O/c1-3-17-59-48(13-1)27-28-52-29-30-55(46-67(52)59)54-16-11-15-53(45-54)47-31-38-56(39-32-47)73(58-42-35-51(36-43-58)62-22-12-23-65-66-44-37-49-14-2-4-19-61(49)72(66)75-71(62)65)57-40-33-50(34-41-57)60-18-5-8-24-68(60)74-69-25-9-6-20-63(69)64-21-7-10-26-70(64)74/h1-46H. The van der Waals surface area contributed by atoms with Crippen molar-refractivity contribution in [2.45, 2.75) is 0 Å². The van der Waals surface area contributed by atoms with Crippen LogP contribution in [0.3, 0.4) is 0 Å². The van der Waals surface area contributed by atoms with Crippen LogP contribution in [0.15, 0.2) is 283 Å². The highest BCUT2D eigenvalue weighted by molar-refractivity contribution is 6.17. The number of fused-ring (bicyclic) bond motifs is 11. The van der Waals surface area contributed by atoms with Crippen molar-refractivity contribution in [3.05, 3.63) is 279 Å². The molecule has 0 bridgehead atoms. The molecule has 0 fully saturated rings. The fourth-order valence-corrected chi connectivity index (χ4v) is 11.7. The van der Waals surface area contributed by atoms with E-state index in [9.17, 15) is 0 Å². The molecule has 0 atom stereocenters. The summed E-state index contributed by atoms with van der Waals surface area (Å²) in [6.07, 6.45) is 0. The smallest absolute Gasteiger partial charge is 0.143 e. The highest BCUT2D eigenvalue weighted by Crippen LogP contribution is 2.43. The lowest BCUT2D eigenvalue weighted by Gasteiger charge is -2.26. The Morgan fingerprint density at radius 2 is 0.693 bits per heavy atom. The summed E-state index contributed by atoms with van der Waals surface area (Å²) in [5, 5.41) is 12.1. The average Bonchev–Trinajstić information content (AvgIpc) is 4.04. The SMILES string of the molecule is c1cc(-c2ccc(N(c3ccc(-c4ccccc4-n4c5ccccc5c5ccccc54)cc3)c3ccc(-c4cccc5c4oc4c6ccccc6ccc54)cc3)cc2)cc(-c2ccc3ccc4ccccc4c3c2)c1. The van der Waals surface area contributed by atoms with E-state index in [2.05, 4.69) is 289 Å². The minimum absolute atomic E-state index is 0.902. The van der Waals surface area contributed by atoms with Crippen LogP contribution >= 0.6 is 0 Å². The van der Waals surface area contributed by atoms with Crippen molar-refractivity contribution in [2.24, 2.45) is 0 Å². The number of benzene rings is 13. The molecule has 15 aromatic rings. The molecule has 0 radical (unpaired) electrons. The van der Waals surface area contributed by atoms with Crippen molar-refractivity contribution in [2.75, 3.05) is 4.90 Å². The molecule has 350 valence electrons. The molecule has 2 aromatic heterocycles. The number of para-hydroxylation sites is 4. The first-order valence-corrected chi connectivity index (χ1v) is 25.7. The monoisotopic (exact) mass is 954 g/mol. The van der Waals surface area contributed by atoms with Crippen molar-refractivity contribution in [1.29, 1.82) is 0 Å². The predicted octanol–water partition coefficient (Wildman–Crippen LogP) is 20.3. The van der Waals surface area contributed by atoms with Gasteiger partial charge in [0.25, 0.3) is 0 Å². The molecule has 0 N–H and O–H groups in total. The fourth-order valence-electron chi connectivity index (χ4n) is 11.7. The largest absolute Gasteiger partial charge is 0.455 e. The van der Waals surface area contributed by atoms with Crippen LogP contribution < -0.4 is 4.90 Å². The summed E-state index contributed by atoms with van der Waals surface area (Å²) in [6.45, 7) is 0. The molecule has 0 unspecified atom stereocenters. The summed E-state index contributed by atoms with van der Waals surface area (Å²) in [4.78, 5) is 2.36. The Bertz CT molecular complexity index is 4640. The predicted molar refractivity (Wildman–Crippen MR) is 317 cm³/mol. The van der Waals surface area contributed by atoms with Crippen molar-refractivity contribution in [3.8, 4) is 50.2 Å². The number of anilines is 3. The first-order chi connectivity index (χ1) is 37.2. The van der Waals surface area contributed by atoms with E-state index in [-0.39, 0.29) is 0 Å². The maximum atomic E-state index is 6.79. The highest BCUT2D eigenvalue weighted by atomic mass is 16.3. The molecule has 0 aliphatic rings. The lowest BCUT2D eigenvalue weighted by molar-refractivity contribution is 0.674. The van der Waals surface area contributed by atoms with Gasteiger partial charge in [-0.05, 0) is 133 Å². The Hall–Kier alpha value is -9.96. The van der Waals surface area contributed by atoms with Crippen LogP contribution in [0, 0.1) is 0 Å². The molecule has 0 amide bonds. The average molecular weight is 955 g/mol. The van der Waals surface area contributed by atoms with Crippen molar-refractivity contribution in [3.63, 3.8) is 0 Å². The number of nitrogens with zero attached hydrogens (tertiary/aromatic N) is 2. The van der Waals surface area contributed by atoms with Gasteiger partial charge in [0, 0.05) is 55.1 Å². The summed E-state index contributed by atoms with van der Waals surface area (Å²) in [7, 11) is 0. The first-order valence-electron chi connectivity index (χ1n) is 25.7. The van der Waals surface area contributed by atoms with Gasteiger partial charge in [0.05, 0.1) is 16.7 Å². The fraction of sp³-hybridized carbons (Fsp3) is 0. The van der Waals surface area contributed by atoms with Crippen LogP contribution in [-0.2, 0) is 0 Å². The molecule has 2 heterocycles. The Morgan fingerprint density at radius 3 is 1.39 bits per heavy atom. The molecule has 13 aromatic carbocycles. The lowest BCUT2D eigenvalue weighted by atomic mass is 9.95. The van der Waals surface area contributed by atoms with Crippen LogP contribution in [-0.4, -0.2) is 4.57 Å². The zero-order valence-corrected chi connectivity index (χ0v) is 40.9. The Labute approximate surface area is 434 Å². The highest BCUT2D eigenvalue weighted by Gasteiger charge is 2.19. The zero-order valence-electron chi connectivity index (χ0n) is 40.9. The van der Waals surface area contributed by atoms with Crippen molar-refractivity contribution >= 4 is 93.1 Å². The molecule has 0 aliphatic carbocycles. The molecule has 0 saturated heterocycles. The Kier molecular flexibility index (Phi) is 9.89. The number of aromatic nitrogens is 1. The summed E-state index contributed by atoms with van der Waals surface area (Å²) >= 11 is 0.